The van der Waals surface area contributed by atoms with Crippen LogP contribution in [-0.2, 0) is 0 Å². The maximum absolute atomic E-state index is 5.66. The minimum Gasteiger partial charge on any atom is -1.00 e. The van der Waals surface area contributed by atoms with E-state index in [0.717, 1.165) is 0 Å². The topological polar surface area (TPSA) is 0 Å². The first-order valence-electron chi connectivity index (χ1n) is 3.32. The number of rotatable bonds is 4. The summed E-state index contributed by atoms with van der Waals surface area (Å²) in [5.41, 5.74) is 0. The molecule has 1 nitrogen and oxygen atoms in total. The molecule has 0 aliphatic carbocycles. The van der Waals surface area contributed by atoms with Crippen molar-refractivity contribution >= 4 is 23.2 Å². The van der Waals surface area contributed by atoms with Gasteiger partial charge in [0.05, 0.1) is 24.2 Å². The minimum atomic E-state index is 0. The molecule has 0 aromatic carbocycles. The first kappa shape index (κ1) is 14.8. The highest BCUT2D eigenvalue weighted by molar-refractivity contribution is 6.29. The van der Waals surface area contributed by atoms with Gasteiger partial charge in [-0.25, -0.2) is 0 Å². The van der Waals surface area contributed by atoms with Crippen molar-refractivity contribution in [1.29, 1.82) is 0 Å². The van der Waals surface area contributed by atoms with E-state index in [4.69, 9.17) is 23.2 Å². The van der Waals surface area contributed by atoms with E-state index in [0.29, 0.717) is 27.6 Å². The van der Waals surface area contributed by atoms with Gasteiger partial charge in [-0.1, -0.05) is 36.4 Å². The molecule has 0 aromatic heterocycles. The fraction of sp³-hybridized carbons (Fsp3) is 0.500. The summed E-state index contributed by atoms with van der Waals surface area (Å²) in [7, 11) is 4.06. The molecule has 0 saturated carbocycles. The highest BCUT2D eigenvalue weighted by Gasteiger charge is 2.15. The van der Waals surface area contributed by atoms with Crippen LogP contribution in [0.2, 0.25) is 0 Å². The van der Waals surface area contributed by atoms with Crippen LogP contribution >= 0.6 is 23.2 Å². The first-order chi connectivity index (χ1) is 4.83. The van der Waals surface area contributed by atoms with Crippen LogP contribution in [0.1, 0.15) is 0 Å². The van der Waals surface area contributed by atoms with E-state index in [9.17, 15) is 0 Å². The molecule has 0 atom stereocenters. The Kier molecular flexibility index (Phi) is 7.25. The number of likely N-dealkylation sites (N-methyl/N-ethyl adjacent to an activating group) is 1. The summed E-state index contributed by atoms with van der Waals surface area (Å²) in [6.07, 6.45) is 0. The predicted octanol–water partition coefficient (Wildman–Crippen LogP) is -0.428. The van der Waals surface area contributed by atoms with Crippen LogP contribution in [0.5, 0.6) is 0 Å². The molecule has 0 saturated heterocycles. The Morgan fingerprint density at radius 1 is 1.08 bits per heavy atom. The number of quaternary nitrogens is 1. The average molecular weight is 231 g/mol. The Bertz CT molecular complexity index is 157. The Morgan fingerprint density at radius 2 is 1.33 bits per heavy atom. The van der Waals surface area contributed by atoms with Crippen LogP contribution in [0.25, 0.3) is 0 Å². The van der Waals surface area contributed by atoms with Crippen LogP contribution in [0.4, 0.5) is 0 Å². The second-order valence-corrected chi connectivity index (χ2v) is 4.36. The van der Waals surface area contributed by atoms with Crippen LogP contribution in [-0.4, -0.2) is 31.7 Å². The van der Waals surface area contributed by atoms with Crippen LogP contribution < -0.4 is 12.4 Å². The zero-order chi connectivity index (χ0) is 9.07. The van der Waals surface area contributed by atoms with E-state index >= 15 is 0 Å². The van der Waals surface area contributed by atoms with Gasteiger partial charge in [-0.3, -0.25) is 0 Å². The monoisotopic (exact) mass is 229 g/mol. The van der Waals surface area contributed by atoms with Crippen molar-refractivity contribution in [2.75, 3.05) is 27.2 Å². The second-order valence-electron chi connectivity index (χ2n) is 3.29. The lowest BCUT2D eigenvalue weighted by molar-refractivity contribution is -0.879. The molecule has 0 amide bonds. The Balaban J connectivity index is 0. The third-order valence-electron chi connectivity index (χ3n) is 1.20. The lowest BCUT2D eigenvalue weighted by Crippen LogP contribution is -3.00. The maximum Gasteiger partial charge on any atom is 0.114 e. The Hall–Kier alpha value is 0.310. The fourth-order valence-corrected chi connectivity index (χ4v) is 1.63. The van der Waals surface area contributed by atoms with Gasteiger partial charge in [0.15, 0.2) is 0 Å². The first-order valence-corrected chi connectivity index (χ1v) is 4.07. The quantitative estimate of drug-likeness (QED) is 0.575. The summed E-state index contributed by atoms with van der Waals surface area (Å²) in [6, 6.07) is 0. The lowest BCUT2D eigenvalue weighted by Gasteiger charge is -2.28. The molecule has 0 unspecified atom stereocenters. The van der Waals surface area contributed by atoms with Gasteiger partial charge in [-0.2, -0.15) is 0 Å². The van der Waals surface area contributed by atoms with Crippen LogP contribution in [0, 0.1) is 0 Å². The normalized spacial score (nSPS) is 10.3. The van der Waals surface area contributed by atoms with E-state index in [2.05, 4.69) is 13.2 Å². The third kappa shape index (κ3) is 8.41. The molecule has 0 aromatic rings. The van der Waals surface area contributed by atoms with E-state index in [-0.39, 0.29) is 12.4 Å². The maximum atomic E-state index is 5.66. The zero-order valence-electron chi connectivity index (χ0n) is 7.41. The molecule has 0 fully saturated rings. The van der Waals surface area contributed by atoms with E-state index in [1.54, 1.807) is 0 Å². The van der Waals surface area contributed by atoms with E-state index in [1.165, 1.54) is 0 Å². The highest BCUT2D eigenvalue weighted by Crippen LogP contribution is 2.10. The van der Waals surface area contributed by atoms with Crippen molar-refractivity contribution in [3.05, 3.63) is 23.2 Å². The molecular weight excluding hydrogens is 216 g/mol. The van der Waals surface area contributed by atoms with E-state index in [1.807, 2.05) is 14.1 Å². The van der Waals surface area contributed by atoms with Crippen LogP contribution in [0.15, 0.2) is 23.2 Å². The molecule has 4 heteroatoms. The fourth-order valence-electron chi connectivity index (χ4n) is 0.985. The minimum absolute atomic E-state index is 0. The molecule has 0 aliphatic heterocycles. The average Bonchev–Trinajstić information content (AvgIpc) is 1.53. The standard InChI is InChI=1S/C8H14Cl2N.ClH/c1-7(9)5-11(3,4)6-8(2)10;/h1-2,5-6H2,3-4H3;1H/q+1;/p-1. The van der Waals surface area contributed by atoms with Crippen molar-refractivity contribution in [2.45, 2.75) is 0 Å². The van der Waals surface area contributed by atoms with Gasteiger partial charge < -0.3 is 16.9 Å². The van der Waals surface area contributed by atoms with Crippen LogP contribution in [0.3, 0.4) is 0 Å². The molecule has 0 aliphatic rings. The van der Waals surface area contributed by atoms with Crippen molar-refractivity contribution in [1.82, 2.24) is 0 Å². The number of nitrogens with zero attached hydrogens (tertiary/aromatic N) is 1. The highest BCUT2D eigenvalue weighted by atomic mass is 35.5. The van der Waals surface area contributed by atoms with Gasteiger partial charge in [0.2, 0.25) is 0 Å². The Labute approximate surface area is 90.6 Å². The summed E-state index contributed by atoms with van der Waals surface area (Å²) in [6.45, 7) is 8.68. The number of halogens is 3. The molecule has 0 bridgehead atoms. The van der Waals surface area contributed by atoms with Crippen molar-refractivity contribution in [2.24, 2.45) is 0 Å². The van der Waals surface area contributed by atoms with Gasteiger partial charge in [0.25, 0.3) is 0 Å². The summed E-state index contributed by atoms with van der Waals surface area (Å²) in [4.78, 5) is 0. The smallest absolute Gasteiger partial charge is 0.114 e. The number of hydrogen-bond donors (Lipinski definition) is 0. The van der Waals surface area contributed by atoms with Gasteiger partial charge in [0, 0.05) is 0 Å². The molecule has 0 spiro atoms. The van der Waals surface area contributed by atoms with Gasteiger partial charge in [-0.05, 0) is 0 Å². The second kappa shape index (κ2) is 5.87. The van der Waals surface area contributed by atoms with Crippen molar-refractivity contribution in [3.63, 3.8) is 0 Å². The van der Waals surface area contributed by atoms with Crippen molar-refractivity contribution < 1.29 is 16.9 Å². The van der Waals surface area contributed by atoms with Crippen molar-refractivity contribution in [3.8, 4) is 0 Å². The number of hydrogen-bond acceptors (Lipinski definition) is 0. The molecule has 0 N–H and O–H groups in total. The SMILES string of the molecule is C=C(Cl)C[N+](C)(C)CC(=C)Cl.[Cl-]. The summed E-state index contributed by atoms with van der Waals surface area (Å²) in [5.74, 6) is 0. The third-order valence-corrected chi connectivity index (χ3v) is 1.44. The molecule has 0 rings (SSSR count). The molecule has 12 heavy (non-hydrogen) atoms. The van der Waals surface area contributed by atoms with Gasteiger partial charge in [-0.15, -0.1) is 0 Å². The van der Waals surface area contributed by atoms with Gasteiger partial charge in [0.1, 0.15) is 13.1 Å². The summed E-state index contributed by atoms with van der Waals surface area (Å²) >= 11 is 11.3. The Morgan fingerprint density at radius 3 is 1.50 bits per heavy atom. The summed E-state index contributed by atoms with van der Waals surface area (Å²) in [5, 5.41) is 1.29. The molecule has 0 heterocycles. The molecule has 72 valence electrons. The zero-order valence-corrected chi connectivity index (χ0v) is 9.68. The summed E-state index contributed by atoms with van der Waals surface area (Å²) < 4.78 is 0.699. The van der Waals surface area contributed by atoms with E-state index < -0.39 is 0 Å². The molecular formula is C8H14Cl3N. The lowest BCUT2D eigenvalue weighted by atomic mass is 10.4. The van der Waals surface area contributed by atoms with Gasteiger partial charge >= 0.3 is 0 Å². The largest absolute Gasteiger partial charge is 1.00 e. The predicted molar refractivity (Wildman–Crippen MR) is 51.8 cm³/mol. The molecule has 0 radical (unpaired) electrons.